The fourth-order valence-electron chi connectivity index (χ4n) is 1.74. The van der Waals surface area contributed by atoms with Gasteiger partial charge in [-0.3, -0.25) is 0 Å². The van der Waals surface area contributed by atoms with Crippen LogP contribution in [0.15, 0.2) is 41.3 Å². The minimum Gasteiger partial charge on any atom is -0.396 e. The number of sulfonamides is 1. The number of hydrogen-bond acceptors (Lipinski definition) is 3. The third-order valence-electron chi connectivity index (χ3n) is 2.91. The van der Waals surface area contributed by atoms with Gasteiger partial charge in [-0.2, -0.15) is 0 Å². The molecule has 0 aliphatic rings. The molecular weight excluding hydrogens is 315 g/mol. The predicted octanol–water partition coefficient (Wildman–Crippen LogP) is 2.85. The van der Waals surface area contributed by atoms with E-state index in [1.807, 2.05) is 19.1 Å². The maximum Gasteiger partial charge on any atom is 0.243 e. The van der Waals surface area contributed by atoms with Crippen LogP contribution in [0.25, 0.3) is 0 Å². The summed E-state index contributed by atoms with van der Waals surface area (Å²) in [5, 5.41) is 0.0598. The van der Waals surface area contributed by atoms with Crippen molar-refractivity contribution in [1.29, 1.82) is 0 Å². The molecule has 112 valence electrons. The molecule has 0 bridgehead atoms. The summed E-state index contributed by atoms with van der Waals surface area (Å²) in [6, 6.07) is 9.50. The fourth-order valence-corrected chi connectivity index (χ4v) is 3.18. The van der Waals surface area contributed by atoms with Gasteiger partial charge in [-0.15, -0.1) is 0 Å². The highest BCUT2D eigenvalue weighted by Crippen LogP contribution is 2.25. The quantitative estimate of drug-likeness (QED) is 0.848. The first-order chi connectivity index (χ1) is 9.79. The second-order valence-corrected chi connectivity index (χ2v) is 6.79. The average molecular weight is 329 g/mol. The molecular formula is C14H14ClFN2O2S. The summed E-state index contributed by atoms with van der Waals surface area (Å²) >= 11 is 5.72. The molecule has 0 fully saturated rings. The third-order valence-corrected chi connectivity index (χ3v) is 4.53. The van der Waals surface area contributed by atoms with E-state index < -0.39 is 20.7 Å². The number of nitrogens with one attached hydrogen (secondary N) is 1. The molecule has 0 saturated heterocycles. The van der Waals surface area contributed by atoms with Crippen LogP contribution in [0.4, 0.5) is 10.1 Å². The lowest BCUT2D eigenvalue weighted by Crippen LogP contribution is -2.24. The van der Waals surface area contributed by atoms with E-state index in [4.69, 9.17) is 17.3 Å². The summed E-state index contributed by atoms with van der Waals surface area (Å²) in [6.07, 6.45) is 0. The summed E-state index contributed by atoms with van der Waals surface area (Å²) in [6.45, 7) is 1.98. The molecule has 0 spiro atoms. The maximum atomic E-state index is 13.9. The Hall–Kier alpha value is -1.63. The normalized spacial score (nSPS) is 11.6. The van der Waals surface area contributed by atoms with Crippen LogP contribution in [0.5, 0.6) is 0 Å². The van der Waals surface area contributed by atoms with Crippen molar-refractivity contribution in [2.45, 2.75) is 18.4 Å². The number of nitrogen functional groups attached to an aromatic ring is 1. The molecule has 3 N–H and O–H groups in total. The smallest absolute Gasteiger partial charge is 0.243 e. The minimum atomic E-state index is -4.03. The molecule has 2 aromatic carbocycles. The molecule has 0 aliphatic heterocycles. The Labute approximate surface area is 127 Å². The molecule has 0 amide bonds. The van der Waals surface area contributed by atoms with Crippen LogP contribution < -0.4 is 10.5 Å². The highest BCUT2D eigenvalue weighted by atomic mass is 35.5. The number of halogens is 2. The van der Waals surface area contributed by atoms with Gasteiger partial charge in [0.1, 0.15) is 4.90 Å². The molecule has 0 atom stereocenters. The molecule has 2 rings (SSSR count). The first-order valence-electron chi connectivity index (χ1n) is 6.09. The lowest BCUT2D eigenvalue weighted by atomic mass is 10.2. The number of anilines is 1. The van der Waals surface area contributed by atoms with Crippen molar-refractivity contribution in [3.8, 4) is 0 Å². The van der Waals surface area contributed by atoms with E-state index in [1.165, 1.54) is 0 Å². The van der Waals surface area contributed by atoms with Crippen molar-refractivity contribution in [3.05, 3.63) is 58.4 Å². The first-order valence-corrected chi connectivity index (χ1v) is 7.95. The second-order valence-electron chi connectivity index (χ2n) is 4.62. The molecule has 0 radical (unpaired) electrons. The molecule has 7 heteroatoms. The Bertz CT molecular complexity index is 761. The zero-order valence-electron chi connectivity index (χ0n) is 11.2. The van der Waals surface area contributed by atoms with Crippen LogP contribution in [0, 0.1) is 12.7 Å². The van der Waals surface area contributed by atoms with Crippen molar-refractivity contribution in [1.82, 2.24) is 4.72 Å². The SMILES string of the molecule is Cc1ccc(CNS(=O)(=O)c2cc(Cl)cc(N)c2F)cc1. The van der Waals surface area contributed by atoms with Crippen molar-refractivity contribution in [2.75, 3.05) is 5.73 Å². The Kier molecular flexibility index (Phi) is 4.51. The van der Waals surface area contributed by atoms with Crippen molar-refractivity contribution in [3.63, 3.8) is 0 Å². The highest BCUT2D eigenvalue weighted by Gasteiger charge is 2.21. The van der Waals surface area contributed by atoms with E-state index in [0.717, 1.165) is 23.3 Å². The minimum absolute atomic E-state index is 0.0501. The van der Waals surface area contributed by atoms with Gasteiger partial charge in [0.2, 0.25) is 10.0 Å². The number of nitrogens with two attached hydrogens (primary N) is 1. The van der Waals surface area contributed by atoms with E-state index in [2.05, 4.69) is 4.72 Å². The molecule has 0 saturated carbocycles. The fraction of sp³-hybridized carbons (Fsp3) is 0.143. The molecule has 0 unspecified atom stereocenters. The van der Waals surface area contributed by atoms with Crippen molar-refractivity contribution in [2.24, 2.45) is 0 Å². The number of aryl methyl sites for hydroxylation is 1. The number of hydrogen-bond donors (Lipinski definition) is 2. The lowest BCUT2D eigenvalue weighted by molar-refractivity contribution is 0.558. The van der Waals surface area contributed by atoms with Gasteiger partial charge < -0.3 is 5.73 Å². The van der Waals surface area contributed by atoms with Crippen LogP contribution in [-0.2, 0) is 16.6 Å². The van der Waals surface area contributed by atoms with Gasteiger partial charge in [0.25, 0.3) is 0 Å². The number of benzene rings is 2. The van der Waals surface area contributed by atoms with Crippen LogP contribution in [-0.4, -0.2) is 8.42 Å². The zero-order valence-corrected chi connectivity index (χ0v) is 12.8. The van der Waals surface area contributed by atoms with Gasteiger partial charge in [-0.1, -0.05) is 41.4 Å². The summed E-state index contributed by atoms with van der Waals surface area (Å²) in [4.78, 5) is -0.556. The Morgan fingerprint density at radius 1 is 1.24 bits per heavy atom. The van der Waals surface area contributed by atoms with Crippen molar-refractivity contribution < 1.29 is 12.8 Å². The molecule has 2 aromatic rings. The molecule has 4 nitrogen and oxygen atoms in total. The van der Waals surface area contributed by atoms with E-state index in [-0.39, 0.29) is 17.3 Å². The standard InChI is InChI=1S/C14H14ClFN2O2S/c1-9-2-4-10(5-3-9)8-18-21(19,20)13-7-11(15)6-12(17)14(13)16/h2-7,18H,8,17H2,1H3. The van der Waals surface area contributed by atoms with Crippen LogP contribution >= 0.6 is 11.6 Å². The average Bonchev–Trinajstić information content (AvgIpc) is 2.42. The van der Waals surface area contributed by atoms with Gasteiger partial charge in [-0.05, 0) is 24.6 Å². The maximum absolute atomic E-state index is 13.9. The summed E-state index contributed by atoms with van der Waals surface area (Å²) in [7, 11) is -4.03. The van der Waals surface area contributed by atoms with Gasteiger partial charge in [0.15, 0.2) is 5.82 Å². The van der Waals surface area contributed by atoms with Crippen LogP contribution in [0.1, 0.15) is 11.1 Å². The topological polar surface area (TPSA) is 72.2 Å². The van der Waals surface area contributed by atoms with E-state index in [1.54, 1.807) is 12.1 Å². The van der Waals surface area contributed by atoms with Gasteiger partial charge in [0.05, 0.1) is 5.69 Å². The Balaban J connectivity index is 2.25. The third kappa shape index (κ3) is 3.72. The van der Waals surface area contributed by atoms with Gasteiger partial charge >= 0.3 is 0 Å². The zero-order chi connectivity index (χ0) is 15.6. The first kappa shape index (κ1) is 15.8. The highest BCUT2D eigenvalue weighted by molar-refractivity contribution is 7.89. The second kappa shape index (κ2) is 6.01. The summed E-state index contributed by atoms with van der Waals surface area (Å²) in [5.74, 6) is -1.00. The number of rotatable bonds is 4. The van der Waals surface area contributed by atoms with Crippen LogP contribution in [0.3, 0.4) is 0 Å². The largest absolute Gasteiger partial charge is 0.396 e. The molecule has 0 heterocycles. The molecule has 21 heavy (non-hydrogen) atoms. The van der Waals surface area contributed by atoms with E-state index in [9.17, 15) is 12.8 Å². The monoisotopic (exact) mass is 328 g/mol. The van der Waals surface area contributed by atoms with Gasteiger partial charge in [-0.25, -0.2) is 17.5 Å². The Morgan fingerprint density at radius 3 is 2.48 bits per heavy atom. The lowest BCUT2D eigenvalue weighted by Gasteiger charge is -2.10. The molecule has 0 aromatic heterocycles. The summed E-state index contributed by atoms with van der Waals surface area (Å²) < 4.78 is 40.4. The van der Waals surface area contributed by atoms with E-state index in [0.29, 0.717) is 0 Å². The van der Waals surface area contributed by atoms with Crippen LogP contribution in [0.2, 0.25) is 5.02 Å². The Morgan fingerprint density at radius 2 is 1.86 bits per heavy atom. The molecule has 0 aliphatic carbocycles. The van der Waals surface area contributed by atoms with Gasteiger partial charge in [0, 0.05) is 11.6 Å². The summed E-state index contributed by atoms with van der Waals surface area (Å²) in [5.41, 5.74) is 6.91. The predicted molar refractivity (Wildman–Crippen MR) is 81.0 cm³/mol. The van der Waals surface area contributed by atoms with E-state index >= 15 is 0 Å². The van der Waals surface area contributed by atoms with Crippen molar-refractivity contribution >= 4 is 27.3 Å².